The SMILES string of the molecule is C[C@@H]1CN(C2(CN)Cc3ccccc3C2)C[C@H](C)O1. The highest BCUT2D eigenvalue weighted by Crippen LogP contribution is 2.35. The largest absolute Gasteiger partial charge is 0.373 e. The van der Waals surface area contributed by atoms with E-state index in [9.17, 15) is 0 Å². The van der Waals surface area contributed by atoms with E-state index in [1.807, 2.05) is 0 Å². The zero-order valence-electron chi connectivity index (χ0n) is 11.9. The summed E-state index contributed by atoms with van der Waals surface area (Å²) in [5.74, 6) is 0. The van der Waals surface area contributed by atoms with Gasteiger partial charge in [0.15, 0.2) is 0 Å². The molecule has 1 aromatic rings. The van der Waals surface area contributed by atoms with Crippen molar-refractivity contribution in [2.45, 2.75) is 44.4 Å². The van der Waals surface area contributed by atoms with Crippen LogP contribution >= 0.6 is 0 Å². The van der Waals surface area contributed by atoms with Gasteiger partial charge < -0.3 is 10.5 Å². The number of benzene rings is 1. The molecule has 0 saturated carbocycles. The van der Waals surface area contributed by atoms with Crippen LogP contribution in [0.3, 0.4) is 0 Å². The van der Waals surface area contributed by atoms with Gasteiger partial charge in [0, 0.05) is 25.2 Å². The van der Waals surface area contributed by atoms with Gasteiger partial charge in [-0.25, -0.2) is 0 Å². The molecule has 1 fully saturated rings. The lowest BCUT2D eigenvalue weighted by Gasteiger charge is -2.46. The van der Waals surface area contributed by atoms with Gasteiger partial charge in [0.25, 0.3) is 0 Å². The van der Waals surface area contributed by atoms with E-state index in [1.165, 1.54) is 11.1 Å². The average Bonchev–Trinajstić information content (AvgIpc) is 2.77. The monoisotopic (exact) mass is 260 g/mol. The van der Waals surface area contributed by atoms with Gasteiger partial charge in [-0.15, -0.1) is 0 Å². The molecule has 1 aliphatic carbocycles. The molecule has 3 heteroatoms. The van der Waals surface area contributed by atoms with Crippen LogP contribution in [-0.2, 0) is 17.6 Å². The fourth-order valence-electron chi connectivity index (χ4n) is 3.74. The number of hydrogen-bond acceptors (Lipinski definition) is 3. The minimum Gasteiger partial charge on any atom is -0.373 e. The standard InChI is InChI=1S/C16H24N2O/c1-12-9-18(10-13(2)19-12)16(11-17)7-14-5-3-4-6-15(14)8-16/h3-6,12-13H,7-11,17H2,1-2H3/t12-,13+. The maximum absolute atomic E-state index is 6.19. The molecular formula is C16H24N2O. The maximum Gasteiger partial charge on any atom is 0.0678 e. The summed E-state index contributed by atoms with van der Waals surface area (Å²) in [6, 6.07) is 8.77. The lowest BCUT2D eigenvalue weighted by atomic mass is 9.91. The predicted octanol–water partition coefficient (Wildman–Crippen LogP) is 1.59. The lowest BCUT2D eigenvalue weighted by molar-refractivity contribution is -0.0989. The Labute approximate surface area is 115 Å². The van der Waals surface area contributed by atoms with E-state index < -0.39 is 0 Å². The number of nitrogens with zero attached hydrogens (tertiary/aromatic N) is 1. The van der Waals surface area contributed by atoms with E-state index in [0.717, 1.165) is 32.5 Å². The molecule has 3 nitrogen and oxygen atoms in total. The van der Waals surface area contributed by atoms with E-state index >= 15 is 0 Å². The summed E-state index contributed by atoms with van der Waals surface area (Å²) >= 11 is 0. The molecule has 19 heavy (non-hydrogen) atoms. The van der Waals surface area contributed by atoms with Crippen molar-refractivity contribution in [3.8, 4) is 0 Å². The summed E-state index contributed by atoms with van der Waals surface area (Å²) in [7, 11) is 0. The second-order valence-electron chi connectivity index (χ2n) is 6.21. The highest BCUT2D eigenvalue weighted by atomic mass is 16.5. The molecule has 1 heterocycles. The van der Waals surface area contributed by atoms with E-state index in [0.29, 0.717) is 12.2 Å². The summed E-state index contributed by atoms with van der Waals surface area (Å²) < 4.78 is 5.86. The smallest absolute Gasteiger partial charge is 0.0678 e. The third kappa shape index (κ3) is 2.31. The molecule has 2 aliphatic rings. The van der Waals surface area contributed by atoms with E-state index in [4.69, 9.17) is 10.5 Å². The zero-order valence-corrected chi connectivity index (χ0v) is 11.9. The van der Waals surface area contributed by atoms with Gasteiger partial charge in [0.05, 0.1) is 12.2 Å². The predicted molar refractivity (Wildman–Crippen MR) is 77.2 cm³/mol. The molecule has 0 bridgehead atoms. The number of fused-ring (bicyclic) bond motifs is 1. The molecule has 3 rings (SSSR count). The fourth-order valence-corrected chi connectivity index (χ4v) is 3.74. The van der Waals surface area contributed by atoms with Crippen LogP contribution in [0.25, 0.3) is 0 Å². The summed E-state index contributed by atoms with van der Waals surface area (Å²) in [6.07, 6.45) is 2.77. The number of rotatable bonds is 2. The minimum atomic E-state index is 0.107. The van der Waals surface area contributed by atoms with Gasteiger partial charge in [-0.2, -0.15) is 0 Å². The van der Waals surface area contributed by atoms with Crippen molar-refractivity contribution in [1.29, 1.82) is 0 Å². The van der Waals surface area contributed by atoms with Crippen LogP contribution in [0.4, 0.5) is 0 Å². The normalized spacial score (nSPS) is 30.3. The van der Waals surface area contributed by atoms with Crippen molar-refractivity contribution in [2.24, 2.45) is 5.73 Å². The van der Waals surface area contributed by atoms with Crippen molar-refractivity contribution in [2.75, 3.05) is 19.6 Å². The molecule has 2 N–H and O–H groups in total. The molecule has 0 aromatic heterocycles. The second kappa shape index (κ2) is 4.89. The number of hydrogen-bond donors (Lipinski definition) is 1. The van der Waals surface area contributed by atoms with Gasteiger partial charge in [0.2, 0.25) is 0 Å². The van der Waals surface area contributed by atoms with Gasteiger partial charge >= 0.3 is 0 Å². The number of morpholine rings is 1. The summed E-state index contributed by atoms with van der Waals surface area (Å²) in [4.78, 5) is 2.58. The molecule has 0 unspecified atom stereocenters. The fraction of sp³-hybridized carbons (Fsp3) is 0.625. The van der Waals surface area contributed by atoms with E-state index in [1.54, 1.807) is 0 Å². The third-order valence-corrected chi connectivity index (χ3v) is 4.63. The average molecular weight is 260 g/mol. The van der Waals surface area contributed by atoms with Crippen LogP contribution in [0, 0.1) is 0 Å². The van der Waals surface area contributed by atoms with Gasteiger partial charge in [-0.05, 0) is 37.8 Å². The second-order valence-corrected chi connectivity index (χ2v) is 6.21. The van der Waals surface area contributed by atoms with Crippen LogP contribution in [-0.4, -0.2) is 42.3 Å². The molecule has 1 aromatic carbocycles. The number of nitrogens with two attached hydrogens (primary N) is 1. The van der Waals surface area contributed by atoms with Crippen molar-refractivity contribution in [3.05, 3.63) is 35.4 Å². The first-order valence-corrected chi connectivity index (χ1v) is 7.30. The Bertz CT molecular complexity index is 425. The van der Waals surface area contributed by atoms with Crippen LogP contribution in [0.2, 0.25) is 0 Å². The van der Waals surface area contributed by atoms with E-state index in [-0.39, 0.29) is 5.54 Å². The molecule has 104 valence electrons. The van der Waals surface area contributed by atoms with Crippen molar-refractivity contribution >= 4 is 0 Å². The topological polar surface area (TPSA) is 38.5 Å². The lowest BCUT2D eigenvalue weighted by Crippen LogP contribution is -2.61. The highest BCUT2D eigenvalue weighted by molar-refractivity contribution is 5.36. The Kier molecular flexibility index (Phi) is 3.37. The molecular weight excluding hydrogens is 236 g/mol. The van der Waals surface area contributed by atoms with Crippen LogP contribution in [0.5, 0.6) is 0 Å². The minimum absolute atomic E-state index is 0.107. The highest BCUT2D eigenvalue weighted by Gasteiger charge is 2.43. The summed E-state index contributed by atoms with van der Waals surface area (Å²) in [6.45, 7) is 7.04. The molecule has 1 aliphatic heterocycles. The van der Waals surface area contributed by atoms with Crippen molar-refractivity contribution < 1.29 is 4.74 Å². The first-order valence-electron chi connectivity index (χ1n) is 7.30. The summed E-state index contributed by atoms with van der Waals surface area (Å²) in [5.41, 5.74) is 9.24. The van der Waals surface area contributed by atoms with Crippen LogP contribution < -0.4 is 5.73 Å². The van der Waals surface area contributed by atoms with Crippen LogP contribution in [0.15, 0.2) is 24.3 Å². The quantitative estimate of drug-likeness (QED) is 0.877. The maximum atomic E-state index is 6.19. The third-order valence-electron chi connectivity index (χ3n) is 4.63. The Morgan fingerprint density at radius 3 is 2.16 bits per heavy atom. The van der Waals surface area contributed by atoms with Crippen molar-refractivity contribution in [3.63, 3.8) is 0 Å². The Hall–Kier alpha value is -0.900. The van der Waals surface area contributed by atoms with Gasteiger partial charge in [0.1, 0.15) is 0 Å². The molecule has 1 saturated heterocycles. The summed E-state index contributed by atoms with van der Waals surface area (Å²) in [5, 5.41) is 0. The Morgan fingerprint density at radius 2 is 1.68 bits per heavy atom. The van der Waals surface area contributed by atoms with Crippen molar-refractivity contribution in [1.82, 2.24) is 4.90 Å². The molecule has 2 atom stereocenters. The molecule has 0 spiro atoms. The van der Waals surface area contributed by atoms with Crippen LogP contribution in [0.1, 0.15) is 25.0 Å². The first kappa shape index (κ1) is 13.1. The van der Waals surface area contributed by atoms with Gasteiger partial charge in [-0.1, -0.05) is 24.3 Å². The Balaban J connectivity index is 1.86. The first-order chi connectivity index (χ1) is 9.13. The zero-order chi connectivity index (χ0) is 13.5. The van der Waals surface area contributed by atoms with Gasteiger partial charge in [-0.3, -0.25) is 4.90 Å². The molecule has 0 radical (unpaired) electrons. The number of ether oxygens (including phenoxy) is 1. The Morgan fingerprint density at radius 1 is 1.16 bits per heavy atom. The van der Waals surface area contributed by atoms with E-state index in [2.05, 4.69) is 43.0 Å². The molecule has 0 amide bonds.